The number of rotatable bonds is 5. The van der Waals surface area contributed by atoms with Gasteiger partial charge in [0.1, 0.15) is 11.7 Å². The summed E-state index contributed by atoms with van der Waals surface area (Å²) in [6.07, 6.45) is 0. The number of carboxylic acid groups (broad SMARTS) is 1. The number of hydrogen-bond acceptors (Lipinski definition) is 4. The fourth-order valence-corrected chi connectivity index (χ4v) is 1.64. The van der Waals surface area contributed by atoms with Crippen molar-refractivity contribution >= 4 is 28.9 Å². The predicted octanol–water partition coefficient (Wildman–Crippen LogP) is 2.77. The van der Waals surface area contributed by atoms with Crippen LogP contribution in [-0.4, -0.2) is 22.0 Å². The smallest absolute Gasteiger partial charge is 0.326 e. The Balaban J connectivity index is 3.12. The molecule has 0 bridgehead atoms. The largest absolute Gasteiger partial charge is 0.480 e. The Morgan fingerprint density at radius 2 is 2.11 bits per heavy atom. The molecule has 1 aromatic carbocycles. The van der Waals surface area contributed by atoms with Crippen molar-refractivity contribution in [2.75, 3.05) is 5.32 Å². The van der Waals surface area contributed by atoms with E-state index in [-0.39, 0.29) is 17.3 Å². The number of nitro benzene ring substituents is 1. The van der Waals surface area contributed by atoms with Crippen LogP contribution in [0.5, 0.6) is 0 Å². The third-order valence-corrected chi connectivity index (χ3v) is 2.63. The van der Waals surface area contributed by atoms with Crippen molar-refractivity contribution in [2.45, 2.75) is 19.9 Å². The number of nitrogens with one attached hydrogen (secondary N) is 1. The van der Waals surface area contributed by atoms with Gasteiger partial charge in [0.25, 0.3) is 5.69 Å². The molecule has 98 valence electrons. The summed E-state index contributed by atoms with van der Waals surface area (Å²) in [7, 11) is 0. The van der Waals surface area contributed by atoms with Gasteiger partial charge >= 0.3 is 5.97 Å². The lowest BCUT2D eigenvalue weighted by Crippen LogP contribution is -2.34. The van der Waals surface area contributed by atoms with Gasteiger partial charge in [0.05, 0.1) is 4.92 Å². The molecule has 1 rings (SSSR count). The second-order valence-electron chi connectivity index (χ2n) is 4.12. The van der Waals surface area contributed by atoms with Gasteiger partial charge in [0.2, 0.25) is 0 Å². The van der Waals surface area contributed by atoms with Gasteiger partial charge in [-0.3, -0.25) is 10.1 Å². The highest BCUT2D eigenvalue weighted by atomic mass is 35.5. The lowest BCUT2D eigenvalue weighted by Gasteiger charge is -2.19. The van der Waals surface area contributed by atoms with E-state index in [1.807, 2.05) is 0 Å². The van der Waals surface area contributed by atoms with Crippen LogP contribution in [0.3, 0.4) is 0 Å². The molecule has 0 saturated heterocycles. The molecule has 0 spiro atoms. The van der Waals surface area contributed by atoms with Crippen molar-refractivity contribution in [1.29, 1.82) is 0 Å². The topological polar surface area (TPSA) is 92.5 Å². The van der Waals surface area contributed by atoms with Crippen molar-refractivity contribution in [1.82, 2.24) is 0 Å². The molecule has 2 N–H and O–H groups in total. The van der Waals surface area contributed by atoms with Crippen LogP contribution in [0.25, 0.3) is 0 Å². The molecule has 0 radical (unpaired) electrons. The van der Waals surface area contributed by atoms with Crippen LogP contribution in [0, 0.1) is 16.0 Å². The van der Waals surface area contributed by atoms with Gasteiger partial charge in [0, 0.05) is 11.1 Å². The number of carbonyl (C=O) groups is 1. The van der Waals surface area contributed by atoms with Crippen LogP contribution in [0.4, 0.5) is 11.4 Å². The molecule has 0 fully saturated rings. The maximum absolute atomic E-state index is 11.0. The quantitative estimate of drug-likeness (QED) is 0.635. The summed E-state index contributed by atoms with van der Waals surface area (Å²) in [5.41, 5.74) is -0.0973. The zero-order valence-electron chi connectivity index (χ0n) is 9.88. The Hall–Kier alpha value is -1.82. The molecule has 0 aliphatic heterocycles. The molecule has 1 aromatic rings. The highest BCUT2D eigenvalue weighted by Gasteiger charge is 2.24. The molecule has 6 nitrogen and oxygen atoms in total. The van der Waals surface area contributed by atoms with E-state index in [1.165, 1.54) is 18.2 Å². The molecular weight excluding hydrogens is 260 g/mol. The zero-order chi connectivity index (χ0) is 13.9. The van der Waals surface area contributed by atoms with Gasteiger partial charge < -0.3 is 10.4 Å². The minimum Gasteiger partial charge on any atom is -0.480 e. The SMILES string of the molecule is CC(C)[C@H](Nc1cc(Cl)ccc1[N+](=O)[O-])C(=O)O. The second-order valence-corrected chi connectivity index (χ2v) is 4.56. The molecule has 0 amide bonds. The van der Waals surface area contributed by atoms with Crippen molar-refractivity contribution in [2.24, 2.45) is 5.92 Å². The first kappa shape index (κ1) is 14.2. The number of anilines is 1. The first-order chi connectivity index (χ1) is 8.32. The number of hydrogen-bond donors (Lipinski definition) is 2. The fourth-order valence-electron chi connectivity index (χ4n) is 1.46. The van der Waals surface area contributed by atoms with Gasteiger partial charge in [-0.25, -0.2) is 4.79 Å². The molecule has 1 atom stereocenters. The number of nitro groups is 1. The third-order valence-electron chi connectivity index (χ3n) is 2.40. The Morgan fingerprint density at radius 1 is 1.50 bits per heavy atom. The number of nitrogens with zero attached hydrogens (tertiary/aromatic N) is 1. The van der Waals surface area contributed by atoms with E-state index in [9.17, 15) is 14.9 Å². The van der Waals surface area contributed by atoms with Crippen molar-refractivity contribution < 1.29 is 14.8 Å². The maximum atomic E-state index is 11.0. The summed E-state index contributed by atoms with van der Waals surface area (Å²) >= 11 is 5.75. The first-order valence-electron chi connectivity index (χ1n) is 5.26. The van der Waals surface area contributed by atoms with Crippen molar-refractivity contribution in [3.63, 3.8) is 0 Å². The van der Waals surface area contributed by atoms with Crippen LogP contribution in [0.15, 0.2) is 18.2 Å². The molecule has 0 aliphatic carbocycles. The van der Waals surface area contributed by atoms with Gasteiger partial charge in [-0.1, -0.05) is 25.4 Å². The van der Waals surface area contributed by atoms with E-state index >= 15 is 0 Å². The zero-order valence-corrected chi connectivity index (χ0v) is 10.6. The minimum absolute atomic E-state index is 0.105. The Morgan fingerprint density at radius 3 is 2.56 bits per heavy atom. The number of halogens is 1. The number of carboxylic acids is 1. The second kappa shape index (κ2) is 5.68. The summed E-state index contributed by atoms with van der Waals surface area (Å²) in [6.45, 7) is 3.42. The molecule has 0 aliphatic rings. The van der Waals surface area contributed by atoms with Crippen molar-refractivity contribution in [3.05, 3.63) is 33.3 Å². The van der Waals surface area contributed by atoms with Gasteiger partial charge in [-0.2, -0.15) is 0 Å². The Bertz CT molecular complexity index is 476. The normalized spacial score (nSPS) is 12.2. The predicted molar refractivity (Wildman–Crippen MR) is 68.0 cm³/mol. The summed E-state index contributed by atoms with van der Waals surface area (Å²) < 4.78 is 0. The van der Waals surface area contributed by atoms with Crippen LogP contribution >= 0.6 is 11.6 Å². The maximum Gasteiger partial charge on any atom is 0.326 e. The summed E-state index contributed by atoms with van der Waals surface area (Å²) in [4.78, 5) is 21.3. The molecule has 7 heteroatoms. The van der Waals surface area contributed by atoms with E-state index in [4.69, 9.17) is 16.7 Å². The van der Waals surface area contributed by atoms with E-state index in [0.29, 0.717) is 5.02 Å². The first-order valence-corrected chi connectivity index (χ1v) is 5.64. The summed E-state index contributed by atoms with van der Waals surface area (Å²) in [5.74, 6) is -1.29. The van der Waals surface area contributed by atoms with Crippen LogP contribution in [-0.2, 0) is 4.79 Å². The van der Waals surface area contributed by atoms with Gasteiger partial charge in [0.15, 0.2) is 0 Å². The molecule has 0 saturated carbocycles. The van der Waals surface area contributed by atoms with E-state index < -0.39 is 16.9 Å². The Labute approximate surface area is 109 Å². The van der Waals surface area contributed by atoms with Crippen LogP contribution in [0.2, 0.25) is 5.02 Å². The standard InChI is InChI=1S/C11H13ClN2O4/c1-6(2)10(11(15)16)13-8-5-7(12)3-4-9(8)14(17)18/h3-6,10,13H,1-2H3,(H,15,16)/t10-/m0/s1. The molecule has 0 unspecified atom stereocenters. The third kappa shape index (κ3) is 3.33. The van der Waals surface area contributed by atoms with E-state index in [1.54, 1.807) is 13.8 Å². The lowest BCUT2D eigenvalue weighted by atomic mass is 10.0. The molecular formula is C11H13ClN2O4. The number of aliphatic carboxylic acids is 1. The average Bonchev–Trinajstić information content (AvgIpc) is 2.24. The van der Waals surface area contributed by atoms with Gasteiger partial charge in [-0.05, 0) is 18.1 Å². The summed E-state index contributed by atoms with van der Waals surface area (Å²) in [5, 5.41) is 22.8. The molecule has 0 aromatic heterocycles. The minimum atomic E-state index is -1.07. The fraction of sp³-hybridized carbons (Fsp3) is 0.364. The average molecular weight is 273 g/mol. The lowest BCUT2D eigenvalue weighted by molar-refractivity contribution is -0.384. The van der Waals surface area contributed by atoms with Gasteiger partial charge in [-0.15, -0.1) is 0 Å². The van der Waals surface area contributed by atoms with Crippen LogP contribution < -0.4 is 5.32 Å². The summed E-state index contributed by atoms with van der Waals surface area (Å²) in [6, 6.07) is 3.06. The highest BCUT2D eigenvalue weighted by Crippen LogP contribution is 2.29. The van der Waals surface area contributed by atoms with Crippen molar-refractivity contribution in [3.8, 4) is 0 Å². The molecule has 0 heterocycles. The number of benzene rings is 1. The van der Waals surface area contributed by atoms with E-state index in [0.717, 1.165) is 0 Å². The molecule has 18 heavy (non-hydrogen) atoms. The highest BCUT2D eigenvalue weighted by molar-refractivity contribution is 6.31. The van der Waals surface area contributed by atoms with Crippen LogP contribution in [0.1, 0.15) is 13.8 Å². The Kier molecular flexibility index (Phi) is 4.49. The monoisotopic (exact) mass is 272 g/mol. The van der Waals surface area contributed by atoms with E-state index in [2.05, 4.69) is 5.32 Å².